The first-order valence-electron chi connectivity index (χ1n) is 12.8. The molecular formula is C28H38N2OS. The molecule has 1 N–H and O–H groups in total. The molecule has 0 radical (unpaired) electrons. The smallest absolute Gasteiger partial charge is 0.128 e. The third-order valence-electron chi connectivity index (χ3n) is 7.68. The Kier molecular flexibility index (Phi) is 7.53. The third kappa shape index (κ3) is 5.77. The van der Waals surface area contributed by atoms with E-state index >= 15 is 0 Å². The molecule has 2 aromatic rings. The molecular weight excluding hydrogens is 412 g/mol. The molecule has 1 aliphatic heterocycles. The predicted molar refractivity (Wildman–Crippen MR) is 134 cm³/mol. The van der Waals surface area contributed by atoms with Gasteiger partial charge in [0.2, 0.25) is 0 Å². The quantitative estimate of drug-likeness (QED) is 0.408. The van der Waals surface area contributed by atoms with Crippen molar-refractivity contribution in [2.75, 3.05) is 25.4 Å². The molecule has 0 aromatic heterocycles. The van der Waals surface area contributed by atoms with E-state index in [1.165, 1.54) is 62.7 Å². The second-order valence-electron chi connectivity index (χ2n) is 10.1. The van der Waals surface area contributed by atoms with E-state index in [-0.39, 0.29) is 0 Å². The number of likely N-dealkylation sites (tertiary alicyclic amines) is 1. The largest absolute Gasteiger partial charge is 0.598 e. The fraction of sp³-hybridized carbons (Fsp3) is 0.571. The van der Waals surface area contributed by atoms with Gasteiger partial charge in [-0.05, 0) is 93.1 Å². The second kappa shape index (κ2) is 10.7. The maximum absolute atomic E-state index is 12.1. The van der Waals surface area contributed by atoms with Crippen LogP contribution in [0.1, 0.15) is 66.7 Å². The molecule has 3 aliphatic rings. The molecule has 4 heteroatoms. The normalized spacial score (nSPS) is 24.4. The van der Waals surface area contributed by atoms with Crippen molar-refractivity contribution in [3.8, 4) is 0 Å². The van der Waals surface area contributed by atoms with Gasteiger partial charge in [-0.3, -0.25) is 4.90 Å². The molecule has 32 heavy (non-hydrogen) atoms. The minimum atomic E-state index is -0.838. The van der Waals surface area contributed by atoms with Gasteiger partial charge in [0.15, 0.2) is 0 Å². The van der Waals surface area contributed by atoms with E-state index in [1.807, 2.05) is 0 Å². The van der Waals surface area contributed by atoms with Crippen LogP contribution in [-0.4, -0.2) is 40.9 Å². The van der Waals surface area contributed by atoms with Crippen LogP contribution in [0, 0.1) is 5.92 Å². The lowest BCUT2D eigenvalue weighted by atomic mass is 9.75. The van der Waals surface area contributed by atoms with Gasteiger partial charge >= 0.3 is 0 Å². The van der Waals surface area contributed by atoms with Crippen molar-refractivity contribution in [2.45, 2.75) is 69.7 Å². The van der Waals surface area contributed by atoms with E-state index in [0.717, 1.165) is 31.6 Å². The Hall–Kier alpha value is -1.33. The highest BCUT2D eigenvalue weighted by Gasteiger charge is 2.34. The minimum Gasteiger partial charge on any atom is -0.598 e. The number of hydrogen-bond donors (Lipinski definition) is 1. The van der Waals surface area contributed by atoms with Crippen LogP contribution in [0.2, 0.25) is 0 Å². The second-order valence-corrected chi connectivity index (χ2v) is 11.4. The van der Waals surface area contributed by atoms with Gasteiger partial charge in [-0.1, -0.05) is 48.5 Å². The molecule has 1 heterocycles. The van der Waals surface area contributed by atoms with Gasteiger partial charge in [0.05, 0.1) is 0 Å². The standard InChI is InChI=1S/C28H38N2OS/c31-32(21-24-10-11-24)29-16-6-9-23-12-13-25-14-15-28(30-17-4-5-18-30)27(26(25)19-23)20-22-7-2-1-3-8-22/h1-3,7-8,12-13,19,24,27-29H,4-6,9-11,14-18,20-21H2. The fourth-order valence-corrected chi connectivity index (χ4v) is 7.00. The van der Waals surface area contributed by atoms with Gasteiger partial charge in [-0.15, -0.1) is 4.72 Å². The Morgan fingerprint density at radius 2 is 1.78 bits per heavy atom. The first-order chi connectivity index (χ1) is 15.8. The molecule has 3 unspecified atom stereocenters. The number of aryl methyl sites for hydroxylation is 2. The van der Waals surface area contributed by atoms with Crippen molar-refractivity contribution in [1.29, 1.82) is 0 Å². The van der Waals surface area contributed by atoms with Crippen molar-refractivity contribution in [1.82, 2.24) is 9.62 Å². The van der Waals surface area contributed by atoms with Gasteiger partial charge in [0, 0.05) is 35.8 Å². The van der Waals surface area contributed by atoms with Crippen molar-refractivity contribution in [3.63, 3.8) is 0 Å². The van der Waals surface area contributed by atoms with Crippen LogP contribution >= 0.6 is 0 Å². The van der Waals surface area contributed by atoms with Crippen LogP contribution in [0.3, 0.4) is 0 Å². The fourth-order valence-electron chi connectivity index (χ4n) is 5.74. The van der Waals surface area contributed by atoms with Gasteiger partial charge in [-0.25, -0.2) is 0 Å². The highest BCUT2D eigenvalue weighted by Crippen LogP contribution is 2.39. The Balaban J connectivity index is 1.27. The summed E-state index contributed by atoms with van der Waals surface area (Å²) in [4.78, 5) is 2.78. The zero-order valence-electron chi connectivity index (χ0n) is 19.3. The third-order valence-corrected chi connectivity index (χ3v) is 8.98. The first-order valence-corrected chi connectivity index (χ1v) is 14.1. The molecule has 5 rings (SSSR count). The summed E-state index contributed by atoms with van der Waals surface area (Å²) in [5, 5.41) is 0. The number of rotatable bonds is 10. The minimum absolute atomic E-state index is 0.586. The van der Waals surface area contributed by atoms with Gasteiger partial charge in [0.1, 0.15) is 5.75 Å². The van der Waals surface area contributed by atoms with Crippen LogP contribution < -0.4 is 4.72 Å². The lowest BCUT2D eigenvalue weighted by Gasteiger charge is -2.40. The number of fused-ring (bicyclic) bond motifs is 1. The topological polar surface area (TPSA) is 38.3 Å². The van der Waals surface area contributed by atoms with Crippen LogP contribution in [0.15, 0.2) is 48.5 Å². The molecule has 3 atom stereocenters. The average molecular weight is 451 g/mol. The van der Waals surface area contributed by atoms with Crippen molar-refractivity contribution < 1.29 is 4.55 Å². The molecule has 0 amide bonds. The maximum atomic E-state index is 12.1. The molecule has 2 aliphatic carbocycles. The molecule has 2 fully saturated rings. The van der Waals surface area contributed by atoms with Crippen molar-refractivity contribution in [3.05, 3.63) is 70.8 Å². The number of hydrogen-bond acceptors (Lipinski definition) is 3. The molecule has 2 aromatic carbocycles. The average Bonchev–Trinajstić information content (AvgIpc) is 3.46. The monoisotopic (exact) mass is 450 g/mol. The lowest BCUT2D eigenvalue weighted by molar-refractivity contribution is 0.188. The molecule has 1 saturated heterocycles. The number of nitrogens with zero attached hydrogens (tertiary/aromatic N) is 1. The summed E-state index contributed by atoms with van der Waals surface area (Å²) in [6, 6.07) is 19.0. The summed E-state index contributed by atoms with van der Waals surface area (Å²) in [6.45, 7) is 3.39. The Morgan fingerprint density at radius 3 is 2.56 bits per heavy atom. The highest BCUT2D eigenvalue weighted by molar-refractivity contribution is 7.89. The van der Waals surface area contributed by atoms with E-state index in [1.54, 1.807) is 11.1 Å². The van der Waals surface area contributed by atoms with Gasteiger partial charge in [0.25, 0.3) is 0 Å². The Bertz CT molecular complexity index is 863. The summed E-state index contributed by atoms with van der Waals surface area (Å²) >= 11 is -0.838. The number of nitrogens with one attached hydrogen (secondary N) is 1. The predicted octanol–water partition coefficient (Wildman–Crippen LogP) is 5.02. The summed E-state index contributed by atoms with van der Waals surface area (Å²) in [5.41, 5.74) is 6.06. The maximum Gasteiger partial charge on any atom is 0.128 e. The summed E-state index contributed by atoms with van der Waals surface area (Å²) in [6.07, 6.45) is 11.0. The van der Waals surface area contributed by atoms with E-state index in [4.69, 9.17) is 0 Å². The van der Waals surface area contributed by atoms with E-state index in [0.29, 0.717) is 17.9 Å². The summed E-state index contributed by atoms with van der Waals surface area (Å²) in [7, 11) is 0. The molecule has 1 saturated carbocycles. The molecule has 3 nitrogen and oxygen atoms in total. The van der Waals surface area contributed by atoms with Gasteiger partial charge in [-0.2, -0.15) is 0 Å². The molecule has 172 valence electrons. The van der Waals surface area contributed by atoms with Crippen molar-refractivity contribution in [2.24, 2.45) is 5.92 Å². The molecule has 0 bridgehead atoms. The zero-order valence-corrected chi connectivity index (χ0v) is 20.1. The zero-order chi connectivity index (χ0) is 21.8. The van der Waals surface area contributed by atoms with Crippen LogP contribution in [-0.2, 0) is 30.6 Å². The summed E-state index contributed by atoms with van der Waals surface area (Å²) in [5.74, 6) is 2.15. The Labute approximate surface area is 197 Å². The van der Waals surface area contributed by atoms with E-state index in [2.05, 4.69) is 58.2 Å². The van der Waals surface area contributed by atoms with Crippen LogP contribution in [0.25, 0.3) is 0 Å². The SMILES string of the molecule is [O-][S+](CC1CC1)NCCCc1ccc2c(c1)C(Cc1ccccc1)C(N1CCCC1)CC2. The lowest BCUT2D eigenvalue weighted by Crippen LogP contribution is -2.41. The number of benzene rings is 2. The Morgan fingerprint density at radius 1 is 0.969 bits per heavy atom. The van der Waals surface area contributed by atoms with Crippen molar-refractivity contribution >= 4 is 11.4 Å². The first kappa shape index (κ1) is 22.5. The van der Waals surface area contributed by atoms with E-state index in [9.17, 15) is 4.55 Å². The van der Waals surface area contributed by atoms with Crippen LogP contribution in [0.5, 0.6) is 0 Å². The van der Waals surface area contributed by atoms with Crippen LogP contribution in [0.4, 0.5) is 0 Å². The summed E-state index contributed by atoms with van der Waals surface area (Å²) < 4.78 is 15.3. The van der Waals surface area contributed by atoms with Gasteiger partial charge < -0.3 is 4.55 Å². The van der Waals surface area contributed by atoms with E-state index < -0.39 is 11.4 Å². The highest BCUT2D eigenvalue weighted by atomic mass is 32.2. The molecule has 0 spiro atoms.